The lowest BCUT2D eigenvalue weighted by Crippen LogP contribution is -2.38. The highest BCUT2D eigenvalue weighted by Gasteiger charge is 2.26. The van der Waals surface area contributed by atoms with Gasteiger partial charge in [0.1, 0.15) is 0 Å². The van der Waals surface area contributed by atoms with Gasteiger partial charge in [-0.05, 0) is 38.0 Å². The minimum absolute atomic E-state index is 0.180. The lowest BCUT2D eigenvalue weighted by molar-refractivity contribution is -0.138. The molecule has 1 fully saturated rings. The van der Waals surface area contributed by atoms with E-state index in [0.717, 1.165) is 19.1 Å². The Kier molecular flexibility index (Phi) is 5.25. The fourth-order valence-corrected chi connectivity index (χ4v) is 2.95. The molecule has 0 bridgehead atoms. The van der Waals surface area contributed by atoms with Crippen molar-refractivity contribution in [2.45, 2.75) is 25.9 Å². The maximum absolute atomic E-state index is 12.1. The third-order valence-electron chi connectivity index (χ3n) is 3.45. The van der Waals surface area contributed by atoms with Crippen LogP contribution in [-0.2, 0) is 19.6 Å². The van der Waals surface area contributed by atoms with Gasteiger partial charge in [-0.25, -0.2) is 13.2 Å². The van der Waals surface area contributed by atoms with Crippen LogP contribution < -0.4 is 4.72 Å². The highest BCUT2D eigenvalue weighted by Crippen LogP contribution is 2.15. The third-order valence-corrected chi connectivity index (χ3v) is 4.06. The molecule has 1 atom stereocenters. The zero-order valence-corrected chi connectivity index (χ0v) is 13.9. The van der Waals surface area contributed by atoms with Crippen molar-refractivity contribution in [3.05, 3.63) is 29.8 Å². The van der Waals surface area contributed by atoms with Crippen LogP contribution in [0.25, 0.3) is 0 Å². The zero-order valence-electron chi connectivity index (χ0n) is 13.1. The normalized spacial score (nSPS) is 16.0. The summed E-state index contributed by atoms with van der Waals surface area (Å²) in [6.07, 6.45) is 2.08. The first-order valence-electron chi connectivity index (χ1n) is 7.34. The Bertz CT molecular complexity index is 696. The molecule has 1 aromatic carbocycles. The number of nitrogens with zero attached hydrogens (tertiary/aromatic N) is 1. The van der Waals surface area contributed by atoms with Crippen LogP contribution in [0.15, 0.2) is 24.3 Å². The Hall–Kier alpha value is -2.09. The molecule has 0 saturated carbocycles. The molecule has 1 aliphatic heterocycles. The summed E-state index contributed by atoms with van der Waals surface area (Å²) < 4.78 is 29.9. The van der Waals surface area contributed by atoms with Gasteiger partial charge in [0.05, 0.1) is 11.8 Å². The minimum Gasteiger partial charge on any atom is -0.449 e. The SMILES string of the molecule is C[C@H](OC(=O)c1cccc(NS(C)(=O)=O)c1)C(=O)N1CCCC1. The van der Waals surface area contributed by atoms with Crippen molar-refractivity contribution in [1.29, 1.82) is 0 Å². The standard InChI is InChI=1S/C15H20N2O5S/c1-11(14(18)17-8-3-4-9-17)22-15(19)12-6-5-7-13(10-12)16-23(2,20)21/h5-7,10-11,16H,3-4,8-9H2,1-2H3/t11-/m0/s1. The topological polar surface area (TPSA) is 92.8 Å². The van der Waals surface area contributed by atoms with Crippen molar-refractivity contribution in [3.63, 3.8) is 0 Å². The summed E-state index contributed by atoms with van der Waals surface area (Å²) in [6.45, 7) is 2.92. The molecule has 8 heteroatoms. The van der Waals surface area contributed by atoms with E-state index in [1.165, 1.54) is 31.2 Å². The van der Waals surface area contributed by atoms with E-state index in [1.807, 2.05) is 0 Å². The van der Waals surface area contributed by atoms with Crippen LogP contribution in [0.2, 0.25) is 0 Å². The summed E-state index contributed by atoms with van der Waals surface area (Å²) in [4.78, 5) is 25.9. The van der Waals surface area contributed by atoms with Gasteiger partial charge in [0.2, 0.25) is 10.0 Å². The number of nitrogens with one attached hydrogen (secondary N) is 1. The number of ether oxygens (including phenoxy) is 1. The van der Waals surface area contributed by atoms with Crippen molar-refractivity contribution in [2.75, 3.05) is 24.1 Å². The lowest BCUT2D eigenvalue weighted by Gasteiger charge is -2.20. The number of anilines is 1. The third kappa shape index (κ3) is 4.95. The van der Waals surface area contributed by atoms with E-state index in [9.17, 15) is 18.0 Å². The number of carbonyl (C=O) groups excluding carboxylic acids is 2. The van der Waals surface area contributed by atoms with Crippen LogP contribution in [0.5, 0.6) is 0 Å². The van der Waals surface area contributed by atoms with Gasteiger partial charge >= 0.3 is 5.97 Å². The average molecular weight is 340 g/mol. The van der Waals surface area contributed by atoms with E-state index in [-0.39, 0.29) is 17.2 Å². The van der Waals surface area contributed by atoms with Gasteiger partial charge in [-0.1, -0.05) is 6.07 Å². The average Bonchev–Trinajstić information content (AvgIpc) is 2.99. The van der Waals surface area contributed by atoms with Gasteiger partial charge in [0, 0.05) is 18.8 Å². The molecule has 0 unspecified atom stereocenters. The predicted molar refractivity (Wildman–Crippen MR) is 85.6 cm³/mol. The van der Waals surface area contributed by atoms with Crippen LogP contribution in [0.4, 0.5) is 5.69 Å². The number of amides is 1. The summed E-state index contributed by atoms with van der Waals surface area (Å²) in [5, 5.41) is 0. The van der Waals surface area contributed by atoms with Crippen molar-refractivity contribution >= 4 is 27.6 Å². The highest BCUT2D eigenvalue weighted by molar-refractivity contribution is 7.92. The number of rotatable bonds is 5. The number of carbonyl (C=O) groups is 2. The van der Waals surface area contributed by atoms with Crippen molar-refractivity contribution in [1.82, 2.24) is 4.90 Å². The van der Waals surface area contributed by atoms with E-state index < -0.39 is 22.1 Å². The molecule has 1 amide bonds. The molecule has 23 heavy (non-hydrogen) atoms. The quantitative estimate of drug-likeness (QED) is 0.814. The lowest BCUT2D eigenvalue weighted by atomic mass is 10.2. The smallest absolute Gasteiger partial charge is 0.338 e. The maximum Gasteiger partial charge on any atom is 0.338 e. The molecule has 1 heterocycles. The molecule has 0 aliphatic carbocycles. The largest absolute Gasteiger partial charge is 0.449 e. The van der Waals surface area contributed by atoms with Gasteiger partial charge in [-0.3, -0.25) is 9.52 Å². The van der Waals surface area contributed by atoms with Gasteiger partial charge in [-0.15, -0.1) is 0 Å². The summed E-state index contributed by atoms with van der Waals surface area (Å²) in [6, 6.07) is 5.94. The monoisotopic (exact) mass is 340 g/mol. The second kappa shape index (κ2) is 6.99. The summed E-state index contributed by atoms with van der Waals surface area (Å²) in [7, 11) is -3.43. The molecule has 1 N–H and O–H groups in total. The molecule has 0 aromatic heterocycles. The Labute approximate surface area is 135 Å². The predicted octanol–water partition coefficient (Wildman–Crippen LogP) is 1.23. The first-order valence-corrected chi connectivity index (χ1v) is 9.23. The van der Waals surface area contributed by atoms with E-state index in [4.69, 9.17) is 4.74 Å². The van der Waals surface area contributed by atoms with Crippen molar-refractivity contribution in [3.8, 4) is 0 Å². The van der Waals surface area contributed by atoms with Gasteiger partial charge in [0.25, 0.3) is 5.91 Å². The number of hydrogen-bond acceptors (Lipinski definition) is 5. The fraction of sp³-hybridized carbons (Fsp3) is 0.467. The van der Waals surface area contributed by atoms with Crippen LogP contribution in [0.3, 0.4) is 0 Å². The molecule has 0 radical (unpaired) electrons. The fourth-order valence-electron chi connectivity index (χ4n) is 2.40. The summed E-state index contributed by atoms with van der Waals surface area (Å²) in [5.74, 6) is -0.872. The second-order valence-electron chi connectivity index (χ2n) is 5.53. The number of esters is 1. The molecule has 1 aromatic rings. The van der Waals surface area contributed by atoms with Crippen molar-refractivity contribution < 1.29 is 22.7 Å². The summed E-state index contributed by atoms with van der Waals surface area (Å²) in [5.41, 5.74) is 0.445. The van der Waals surface area contributed by atoms with Crippen LogP contribution in [-0.4, -0.2) is 50.6 Å². The van der Waals surface area contributed by atoms with E-state index >= 15 is 0 Å². The number of likely N-dealkylation sites (tertiary alicyclic amines) is 1. The molecule has 7 nitrogen and oxygen atoms in total. The molecular formula is C15H20N2O5S. The molecule has 126 valence electrons. The number of benzene rings is 1. The first kappa shape index (κ1) is 17.3. The summed E-state index contributed by atoms with van der Waals surface area (Å²) >= 11 is 0. The Balaban J connectivity index is 2.02. The van der Waals surface area contributed by atoms with E-state index in [1.54, 1.807) is 4.90 Å². The highest BCUT2D eigenvalue weighted by atomic mass is 32.2. The first-order chi connectivity index (χ1) is 10.8. The van der Waals surface area contributed by atoms with Gasteiger partial charge in [-0.2, -0.15) is 0 Å². The molecule has 1 saturated heterocycles. The van der Waals surface area contributed by atoms with E-state index in [2.05, 4.69) is 4.72 Å². The molecular weight excluding hydrogens is 320 g/mol. The molecule has 1 aliphatic rings. The van der Waals surface area contributed by atoms with Crippen LogP contribution in [0.1, 0.15) is 30.1 Å². The van der Waals surface area contributed by atoms with E-state index in [0.29, 0.717) is 13.1 Å². The van der Waals surface area contributed by atoms with Crippen molar-refractivity contribution in [2.24, 2.45) is 0 Å². The Morgan fingerprint density at radius 3 is 2.52 bits per heavy atom. The number of hydrogen-bond donors (Lipinski definition) is 1. The van der Waals surface area contributed by atoms with Gasteiger partial charge in [0.15, 0.2) is 6.10 Å². The van der Waals surface area contributed by atoms with Crippen LogP contribution in [0, 0.1) is 0 Å². The molecule has 0 spiro atoms. The Morgan fingerprint density at radius 2 is 1.91 bits per heavy atom. The molecule has 2 rings (SSSR count). The second-order valence-corrected chi connectivity index (χ2v) is 7.28. The minimum atomic E-state index is -3.43. The zero-order chi connectivity index (χ0) is 17.0. The number of sulfonamides is 1. The van der Waals surface area contributed by atoms with Gasteiger partial charge < -0.3 is 9.64 Å². The Morgan fingerprint density at radius 1 is 1.26 bits per heavy atom. The van der Waals surface area contributed by atoms with Crippen LogP contribution >= 0.6 is 0 Å². The maximum atomic E-state index is 12.1.